The van der Waals surface area contributed by atoms with Crippen molar-refractivity contribution < 1.29 is 14.3 Å². The Morgan fingerprint density at radius 2 is 1.98 bits per heavy atom. The number of nitrogens with zero attached hydrogens (tertiary/aromatic N) is 5. The first kappa shape index (κ1) is 25.7. The minimum atomic E-state index is -0.129. The van der Waals surface area contributed by atoms with Crippen molar-refractivity contribution in [2.24, 2.45) is 5.92 Å². The molecule has 6 heterocycles. The summed E-state index contributed by atoms with van der Waals surface area (Å²) in [6.45, 7) is 8.53. The molecule has 0 aliphatic carbocycles. The van der Waals surface area contributed by atoms with Gasteiger partial charge in [0.2, 0.25) is 5.91 Å². The Labute approximate surface area is 230 Å². The van der Waals surface area contributed by atoms with Crippen LogP contribution < -0.4 is 10.6 Å². The van der Waals surface area contributed by atoms with Crippen molar-refractivity contribution >= 4 is 39.5 Å². The van der Waals surface area contributed by atoms with Gasteiger partial charge in [0, 0.05) is 43.6 Å². The summed E-state index contributed by atoms with van der Waals surface area (Å²) in [6, 6.07) is 2.03. The lowest BCUT2D eigenvalue weighted by Gasteiger charge is -2.26. The fourth-order valence-electron chi connectivity index (χ4n) is 4.87. The number of aromatic amines is 2. The average Bonchev–Trinajstić information content (AvgIpc) is 3.54. The van der Waals surface area contributed by atoms with Crippen molar-refractivity contribution in [2.75, 3.05) is 32.8 Å². The van der Waals surface area contributed by atoms with Crippen LogP contribution in [0.5, 0.6) is 0 Å². The third kappa shape index (κ3) is 4.81. The molecule has 4 N–H and O–H groups in total. The number of pyridine rings is 2. The summed E-state index contributed by atoms with van der Waals surface area (Å²) in [5.41, 5.74) is 6.50. The van der Waals surface area contributed by atoms with Gasteiger partial charge in [-0.15, -0.1) is 0 Å². The molecule has 2 aliphatic heterocycles. The summed E-state index contributed by atoms with van der Waals surface area (Å²) >= 11 is 0. The molecule has 0 spiro atoms. The van der Waals surface area contributed by atoms with Gasteiger partial charge in [-0.2, -0.15) is 5.10 Å². The first-order valence-electron chi connectivity index (χ1n) is 13.4. The van der Waals surface area contributed by atoms with Crippen LogP contribution in [0.15, 0.2) is 42.1 Å². The summed E-state index contributed by atoms with van der Waals surface area (Å²) in [5, 5.41) is 14.7. The van der Waals surface area contributed by atoms with E-state index in [4.69, 9.17) is 9.72 Å². The second-order valence-electron chi connectivity index (χ2n) is 10.3. The van der Waals surface area contributed by atoms with Crippen molar-refractivity contribution in [2.45, 2.75) is 27.2 Å². The number of nitrogens with one attached hydrogen (secondary N) is 4. The fraction of sp³-hybridized carbons (Fsp3) is 0.357. The van der Waals surface area contributed by atoms with Crippen molar-refractivity contribution in [1.29, 1.82) is 0 Å². The molecule has 12 nitrogen and oxygen atoms in total. The van der Waals surface area contributed by atoms with Gasteiger partial charge >= 0.3 is 0 Å². The highest BCUT2D eigenvalue weighted by molar-refractivity contribution is 6.05. The molecule has 1 fully saturated rings. The van der Waals surface area contributed by atoms with Gasteiger partial charge in [0.15, 0.2) is 11.5 Å². The monoisotopic (exact) mass is 541 g/mol. The van der Waals surface area contributed by atoms with Crippen LogP contribution in [-0.4, -0.2) is 79.7 Å². The lowest BCUT2D eigenvalue weighted by molar-refractivity contribution is -0.123. The molecule has 0 aromatic carbocycles. The summed E-state index contributed by atoms with van der Waals surface area (Å²) in [7, 11) is 0. The Hall–Kier alpha value is -4.58. The average molecular weight is 542 g/mol. The van der Waals surface area contributed by atoms with Crippen LogP contribution in [0.25, 0.3) is 39.2 Å². The summed E-state index contributed by atoms with van der Waals surface area (Å²) < 4.78 is 5.39. The third-order valence-corrected chi connectivity index (χ3v) is 7.23. The van der Waals surface area contributed by atoms with Gasteiger partial charge in [0.25, 0.3) is 5.91 Å². The SMILES string of the molecule is CC1=C(NC(=O)C(C)C)C=C(c2cnc3n[nH]c(-c4nc5c(C(=O)N6CCOCC6)cncc5[nH]4)c3c2)CCN1. The van der Waals surface area contributed by atoms with Crippen LogP contribution in [0.2, 0.25) is 0 Å². The van der Waals surface area contributed by atoms with Gasteiger partial charge in [-0.25, -0.2) is 9.97 Å². The molecule has 206 valence electrons. The van der Waals surface area contributed by atoms with Crippen LogP contribution in [0.3, 0.4) is 0 Å². The van der Waals surface area contributed by atoms with E-state index >= 15 is 0 Å². The molecule has 2 aliphatic rings. The number of morpholine rings is 1. The molecular formula is C28H31N9O3. The second kappa shape index (κ2) is 10.5. The minimum absolute atomic E-state index is 0.0369. The Morgan fingerprint density at radius 1 is 1.15 bits per heavy atom. The van der Waals surface area contributed by atoms with Crippen molar-refractivity contribution in [1.82, 2.24) is 45.7 Å². The number of hydrogen-bond acceptors (Lipinski definition) is 8. The Bertz CT molecular complexity index is 1670. The summed E-state index contributed by atoms with van der Waals surface area (Å²) in [5.74, 6) is 0.258. The third-order valence-electron chi connectivity index (χ3n) is 7.23. The molecule has 0 saturated carbocycles. The zero-order valence-corrected chi connectivity index (χ0v) is 22.7. The zero-order valence-electron chi connectivity index (χ0n) is 22.7. The van der Waals surface area contributed by atoms with E-state index in [1.807, 2.05) is 32.9 Å². The first-order valence-corrected chi connectivity index (χ1v) is 13.4. The number of hydrogen-bond donors (Lipinski definition) is 4. The highest BCUT2D eigenvalue weighted by Crippen LogP contribution is 2.30. The van der Waals surface area contributed by atoms with Crippen LogP contribution in [-0.2, 0) is 9.53 Å². The number of H-pyrrole nitrogens is 2. The Morgan fingerprint density at radius 3 is 2.77 bits per heavy atom. The van der Waals surface area contributed by atoms with Gasteiger partial charge in [-0.1, -0.05) is 13.8 Å². The molecule has 4 aromatic rings. The molecule has 0 radical (unpaired) electrons. The van der Waals surface area contributed by atoms with E-state index in [0.717, 1.165) is 40.9 Å². The van der Waals surface area contributed by atoms with E-state index in [1.165, 1.54) is 0 Å². The number of fused-ring (bicyclic) bond motifs is 2. The van der Waals surface area contributed by atoms with E-state index in [9.17, 15) is 9.59 Å². The van der Waals surface area contributed by atoms with Crippen molar-refractivity contribution in [3.8, 4) is 11.5 Å². The topological polar surface area (TPSA) is 154 Å². The number of carbonyl (C=O) groups excluding carboxylic acids is 2. The number of amides is 2. The number of aromatic nitrogens is 6. The molecule has 0 bridgehead atoms. The second-order valence-corrected chi connectivity index (χ2v) is 10.3. The quantitative estimate of drug-likeness (QED) is 0.301. The van der Waals surface area contributed by atoms with Gasteiger partial charge in [0.1, 0.15) is 11.2 Å². The largest absolute Gasteiger partial charge is 0.387 e. The summed E-state index contributed by atoms with van der Waals surface area (Å²) in [6.07, 6.45) is 7.78. The van der Waals surface area contributed by atoms with E-state index in [-0.39, 0.29) is 17.7 Å². The van der Waals surface area contributed by atoms with Crippen LogP contribution in [0, 0.1) is 5.92 Å². The number of rotatable bonds is 5. The number of carbonyl (C=O) groups is 2. The van der Waals surface area contributed by atoms with Crippen LogP contribution in [0.4, 0.5) is 0 Å². The smallest absolute Gasteiger partial charge is 0.257 e. The Balaban J connectivity index is 1.37. The highest BCUT2D eigenvalue weighted by atomic mass is 16.5. The Kier molecular flexibility index (Phi) is 6.76. The zero-order chi connectivity index (χ0) is 27.8. The lowest BCUT2D eigenvalue weighted by Crippen LogP contribution is -2.40. The van der Waals surface area contributed by atoms with Gasteiger partial charge < -0.3 is 25.3 Å². The number of ether oxygens (including phenoxy) is 1. The predicted octanol–water partition coefficient (Wildman–Crippen LogP) is 2.75. The predicted molar refractivity (Wildman–Crippen MR) is 150 cm³/mol. The van der Waals surface area contributed by atoms with E-state index < -0.39 is 0 Å². The van der Waals surface area contributed by atoms with Crippen LogP contribution >= 0.6 is 0 Å². The molecular weight excluding hydrogens is 510 g/mol. The normalized spacial score (nSPS) is 16.3. The van der Waals surface area contributed by atoms with E-state index in [1.54, 1.807) is 23.5 Å². The van der Waals surface area contributed by atoms with Crippen molar-refractivity contribution in [3.63, 3.8) is 0 Å². The molecule has 4 aromatic heterocycles. The van der Waals surface area contributed by atoms with Gasteiger partial charge in [0.05, 0.1) is 41.6 Å². The number of imidazole rings is 1. The first-order chi connectivity index (χ1) is 19.4. The number of allylic oxidation sites excluding steroid dienone is 2. The van der Waals surface area contributed by atoms with Crippen LogP contribution in [0.1, 0.15) is 43.1 Å². The maximum atomic E-state index is 13.2. The van der Waals surface area contributed by atoms with E-state index in [2.05, 4.69) is 35.8 Å². The highest BCUT2D eigenvalue weighted by Gasteiger charge is 2.24. The van der Waals surface area contributed by atoms with Gasteiger partial charge in [-0.05, 0) is 36.6 Å². The van der Waals surface area contributed by atoms with Gasteiger partial charge in [-0.3, -0.25) is 19.7 Å². The maximum absolute atomic E-state index is 13.2. The standard InChI is InChI=1S/C28H31N9O3/c1-15(2)27(38)33-21-11-17(4-5-30-16(21)3)18-10-19-24(35-36-25(19)31-12-18)26-32-22-14-29-13-20(23(22)34-26)28(39)37-6-8-40-9-7-37/h10-15,30H,4-9H2,1-3H3,(H,32,34)(H,33,38)(H,31,35,36). The molecule has 12 heteroatoms. The molecule has 2 amide bonds. The molecule has 40 heavy (non-hydrogen) atoms. The molecule has 6 rings (SSSR count). The maximum Gasteiger partial charge on any atom is 0.257 e. The lowest BCUT2D eigenvalue weighted by atomic mass is 10.0. The molecule has 0 unspecified atom stereocenters. The van der Waals surface area contributed by atoms with E-state index in [0.29, 0.717) is 60.1 Å². The fourth-order valence-corrected chi connectivity index (χ4v) is 4.87. The van der Waals surface area contributed by atoms with Crippen molar-refractivity contribution in [3.05, 3.63) is 53.3 Å². The molecule has 1 saturated heterocycles. The minimum Gasteiger partial charge on any atom is -0.387 e. The summed E-state index contributed by atoms with van der Waals surface area (Å²) in [4.78, 5) is 44.4. The molecule has 0 atom stereocenters.